The summed E-state index contributed by atoms with van der Waals surface area (Å²) in [7, 11) is 1.08. The van der Waals surface area contributed by atoms with Gasteiger partial charge in [-0.2, -0.15) is 12.1 Å². The first-order valence-corrected chi connectivity index (χ1v) is 13.8. The molecule has 0 amide bonds. The van der Waals surface area contributed by atoms with Crippen molar-refractivity contribution in [3.63, 3.8) is 0 Å². The van der Waals surface area contributed by atoms with E-state index in [2.05, 4.69) is 115 Å². The Labute approximate surface area is 242 Å². The molecule has 4 aromatic carbocycles. The average Bonchev–Trinajstić information content (AvgIpc) is 3.37. The number of rotatable bonds is 4. The SMILES string of the molecule is CCc1cc2c(C(C)C)cccc2[cH-]1.CCc1cc2c(C(C)C)cccc2[cH-]1.C[Si]C.[Cl-].[Cl-].[Zr+4]. The fourth-order valence-corrected chi connectivity index (χ4v) is 4.06. The first-order chi connectivity index (χ1) is 14.9. The molecule has 4 aromatic rings. The predicted molar refractivity (Wildman–Crippen MR) is 143 cm³/mol. The summed E-state index contributed by atoms with van der Waals surface area (Å²) in [6.07, 6.45) is 2.26. The standard InChI is InChI=1S/2C14H17.C2H6Si.2ClH.Zr/c2*1-4-11-8-12-6-5-7-13(10(2)3)14(12)9-11;1-3-2;;;/h2*5-10H,4H2,1-3H3;1-2H3;2*1H;/q2*-1;;;;+4/p-2. The zero-order valence-corrected chi connectivity index (χ0v) is 27.1. The van der Waals surface area contributed by atoms with Crippen molar-refractivity contribution in [3.8, 4) is 0 Å². The molecule has 0 aliphatic carbocycles. The van der Waals surface area contributed by atoms with E-state index in [0.717, 1.165) is 22.4 Å². The molecule has 0 unspecified atom stereocenters. The molecule has 0 spiro atoms. The van der Waals surface area contributed by atoms with Crippen LogP contribution in [0.25, 0.3) is 21.5 Å². The van der Waals surface area contributed by atoms with E-state index in [1.807, 2.05) is 0 Å². The summed E-state index contributed by atoms with van der Waals surface area (Å²) >= 11 is 0. The van der Waals surface area contributed by atoms with Crippen LogP contribution in [0.4, 0.5) is 0 Å². The summed E-state index contributed by atoms with van der Waals surface area (Å²) in [5.74, 6) is 1.23. The first-order valence-electron chi connectivity index (χ1n) is 11.8. The van der Waals surface area contributed by atoms with Gasteiger partial charge in [0, 0.05) is 9.52 Å². The van der Waals surface area contributed by atoms with Gasteiger partial charge in [0.25, 0.3) is 0 Å². The van der Waals surface area contributed by atoms with Crippen LogP contribution >= 0.6 is 0 Å². The zero-order chi connectivity index (χ0) is 23.0. The molecule has 0 saturated heterocycles. The van der Waals surface area contributed by atoms with Crippen LogP contribution in [0.5, 0.6) is 0 Å². The van der Waals surface area contributed by atoms with Gasteiger partial charge in [0.05, 0.1) is 0 Å². The Hall–Kier alpha value is -0.660. The summed E-state index contributed by atoms with van der Waals surface area (Å²) in [5.41, 5.74) is 5.85. The quantitative estimate of drug-likeness (QED) is 0.253. The second-order valence-electron chi connectivity index (χ2n) is 8.94. The van der Waals surface area contributed by atoms with Gasteiger partial charge >= 0.3 is 26.2 Å². The molecule has 2 radical (unpaired) electrons. The van der Waals surface area contributed by atoms with Gasteiger partial charge < -0.3 is 24.8 Å². The van der Waals surface area contributed by atoms with Crippen LogP contribution in [0.2, 0.25) is 13.1 Å². The molecule has 4 rings (SSSR count). The number of fused-ring (bicyclic) bond motifs is 2. The molecule has 0 aliphatic heterocycles. The maximum absolute atomic E-state index is 2.34. The van der Waals surface area contributed by atoms with Crippen LogP contribution in [0.1, 0.15) is 75.6 Å². The number of halogens is 2. The third-order valence-electron chi connectivity index (χ3n) is 5.75. The largest absolute Gasteiger partial charge is 4.00 e. The number of aryl methyl sites for hydroxylation is 2. The van der Waals surface area contributed by atoms with Crippen molar-refractivity contribution >= 4 is 31.1 Å². The summed E-state index contributed by atoms with van der Waals surface area (Å²) in [6.45, 7) is 17.8. The monoisotopic (exact) mass is 588 g/mol. The molecule has 0 aromatic heterocycles. The van der Waals surface area contributed by atoms with Crippen molar-refractivity contribution in [2.75, 3.05) is 0 Å². The molecular formula is C30H40Cl2SiZr. The minimum atomic E-state index is 0. The normalized spacial score (nSPS) is 9.94. The van der Waals surface area contributed by atoms with Gasteiger partial charge in [-0.15, -0.1) is 69.1 Å². The van der Waals surface area contributed by atoms with Gasteiger partial charge in [-0.25, -0.2) is 0 Å². The molecule has 0 nitrogen and oxygen atoms in total. The van der Waals surface area contributed by atoms with E-state index in [0.29, 0.717) is 11.8 Å². The second-order valence-corrected chi connectivity index (χ2v) is 9.94. The molecule has 34 heavy (non-hydrogen) atoms. The molecule has 0 bridgehead atoms. The minimum absolute atomic E-state index is 0. The van der Waals surface area contributed by atoms with E-state index < -0.39 is 0 Å². The maximum atomic E-state index is 2.34. The molecule has 0 aliphatic rings. The van der Waals surface area contributed by atoms with Gasteiger partial charge in [0.15, 0.2) is 0 Å². The maximum Gasteiger partial charge on any atom is 4.00 e. The van der Waals surface area contributed by atoms with Crippen LogP contribution in [-0.4, -0.2) is 9.52 Å². The Morgan fingerprint density at radius 2 is 1.00 bits per heavy atom. The zero-order valence-electron chi connectivity index (χ0n) is 22.1. The Balaban J connectivity index is 0. The third kappa shape index (κ3) is 9.42. The molecular weight excluding hydrogens is 551 g/mol. The third-order valence-corrected chi connectivity index (χ3v) is 5.75. The van der Waals surface area contributed by atoms with Gasteiger partial charge in [-0.3, -0.25) is 0 Å². The molecule has 0 fully saturated rings. The summed E-state index contributed by atoms with van der Waals surface area (Å²) in [6, 6.07) is 22.5. The van der Waals surface area contributed by atoms with E-state index in [1.54, 1.807) is 0 Å². The Bertz CT molecular complexity index is 990. The second kappa shape index (κ2) is 17.7. The first kappa shape index (κ1) is 35.5. The van der Waals surface area contributed by atoms with Crippen LogP contribution in [0.15, 0.2) is 60.7 Å². The molecule has 0 heterocycles. The van der Waals surface area contributed by atoms with Gasteiger partial charge in [-0.1, -0.05) is 77.9 Å². The minimum Gasteiger partial charge on any atom is -1.00 e. The summed E-state index contributed by atoms with van der Waals surface area (Å²) in [5, 5.41) is 5.68. The van der Waals surface area contributed by atoms with E-state index in [9.17, 15) is 0 Å². The van der Waals surface area contributed by atoms with Gasteiger partial charge in [-0.05, 0) is 24.7 Å². The average molecular weight is 591 g/mol. The van der Waals surface area contributed by atoms with Crippen molar-refractivity contribution in [2.24, 2.45) is 0 Å². The van der Waals surface area contributed by atoms with Crippen LogP contribution < -0.4 is 24.8 Å². The number of hydrogen-bond donors (Lipinski definition) is 0. The van der Waals surface area contributed by atoms with E-state index in [4.69, 9.17) is 0 Å². The van der Waals surface area contributed by atoms with Gasteiger partial charge in [0.1, 0.15) is 0 Å². The molecule has 0 N–H and O–H groups in total. The van der Waals surface area contributed by atoms with Crippen molar-refractivity contribution in [1.29, 1.82) is 0 Å². The van der Waals surface area contributed by atoms with E-state index >= 15 is 0 Å². The van der Waals surface area contributed by atoms with Crippen molar-refractivity contribution < 1.29 is 51.0 Å². The molecule has 0 atom stereocenters. The Morgan fingerprint density at radius 3 is 1.26 bits per heavy atom. The predicted octanol–water partition coefficient (Wildman–Crippen LogP) is 3.28. The van der Waals surface area contributed by atoms with E-state index in [-0.39, 0.29) is 51.0 Å². The van der Waals surface area contributed by atoms with Gasteiger partial charge in [0.2, 0.25) is 0 Å². The van der Waals surface area contributed by atoms with Crippen molar-refractivity contribution in [1.82, 2.24) is 0 Å². The van der Waals surface area contributed by atoms with E-state index in [1.165, 1.54) is 43.8 Å². The summed E-state index contributed by atoms with van der Waals surface area (Å²) in [4.78, 5) is 0. The number of hydrogen-bond acceptors (Lipinski definition) is 0. The molecule has 0 saturated carbocycles. The fourth-order valence-electron chi connectivity index (χ4n) is 4.06. The van der Waals surface area contributed by atoms with Crippen LogP contribution in [0, 0.1) is 0 Å². The van der Waals surface area contributed by atoms with Crippen molar-refractivity contribution in [3.05, 3.63) is 82.9 Å². The van der Waals surface area contributed by atoms with Crippen molar-refractivity contribution in [2.45, 2.75) is 79.3 Å². The summed E-state index contributed by atoms with van der Waals surface area (Å²) < 4.78 is 0. The smallest absolute Gasteiger partial charge is 1.00 e. The molecule has 4 heteroatoms. The fraction of sp³-hybridized carbons (Fsp3) is 0.400. The van der Waals surface area contributed by atoms with Crippen LogP contribution in [0.3, 0.4) is 0 Å². The van der Waals surface area contributed by atoms with Crippen LogP contribution in [-0.2, 0) is 39.0 Å². The molecule has 182 valence electrons. The topological polar surface area (TPSA) is 0 Å². The Kier molecular flexibility index (Phi) is 18.5. The Morgan fingerprint density at radius 1 is 0.676 bits per heavy atom. The number of benzene rings is 2.